The fraction of sp³-hybridized carbons (Fsp3) is 0.929. The summed E-state index contributed by atoms with van der Waals surface area (Å²) < 4.78 is 5.13. The molecule has 1 rings (SSSR count). The second-order valence-corrected chi connectivity index (χ2v) is 6.43. The molecule has 0 aromatic carbocycles. The van der Waals surface area contributed by atoms with Crippen molar-refractivity contribution in [2.24, 2.45) is 11.3 Å². The van der Waals surface area contributed by atoms with Crippen LogP contribution in [0.15, 0.2) is 0 Å². The number of esters is 1. The summed E-state index contributed by atoms with van der Waals surface area (Å²) in [4.78, 5) is 14.0. The van der Waals surface area contributed by atoms with Crippen molar-refractivity contribution in [2.75, 3.05) is 20.7 Å². The van der Waals surface area contributed by atoms with Crippen molar-refractivity contribution in [2.45, 2.75) is 52.5 Å². The molecular formula is C14H27NO2. The van der Waals surface area contributed by atoms with Crippen LogP contribution in [-0.2, 0) is 9.53 Å². The van der Waals surface area contributed by atoms with Crippen molar-refractivity contribution >= 4 is 5.97 Å². The number of rotatable bonds is 4. The van der Waals surface area contributed by atoms with Crippen molar-refractivity contribution in [3.63, 3.8) is 0 Å². The van der Waals surface area contributed by atoms with E-state index in [9.17, 15) is 4.79 Å². The van der Waals surface area contributed by atoms with Crippen molar-refractivity contribution < 1.29 is 9.53 Å². The SMILES string of the molecule is CCOC(=O)CC1(N(C)C)CC(C)(C)CC1C. The summed E-state index contributed by atoms with van der Waals surface area (Å²) in [6.45, 7) is 9.18. The van der Waals surface area contributed by atoms with Crippen LogP contribution in [0.3, 0.4) is 0 Å². The normalized spacial score (nSPS) is 31.8. The first kappa shape index (κ1) is 14.5. The van der Waals surface area contributed by atoms with Gasteiger partial charge in [-0.05, 0) is 45.2 Å². The van der Waals surface area contributed by atoms with Crippen LogP contribution >= 0.6 is 0 Å². The first-order valence-electron chi connectivity index (χ1n) is 6.56. The van der Waals surface area contributed by atoms with Crippen molar-refractivity contribution in [1.82, 2.24) is 4.90 Å². The van der Waals surface area contributed by atoms with Gasteiger partial charge in [0, 0.05) is 5.54 Å². The topological polar surface area (TPSA) is 29.5 Å². The Hall–Kier alpha value is -0.570. The zero-order valence-electron chi connectivity index (χ0n) is 12.2. The summed E-state index contributed by atoms with van der Waals surface area (Å²) in [5, 5.41) is 0. The van der Waals surface area contributed by atoms with Gasteiger partial charge in [0.1, 0.15) is 0 Å². The zero-order chi connectivity index (χ0) is 13.3. The summed E-state index contributed by atoms with van der Waals surface area (Å²) in [6, 6.07) is 0. The van der Waals surface area contributed by atoms with Crippen LogP contribution in [0.1, 0.15) is 47.0 Å². The molecule has 0 heterocycles. The van der Waals surface area contributed by atoms with E-state index in [2.05, 4.69) is 39.8 Å². The number of carbonyl (C=O) groups excluding carboxylic acids is 1. The Morgan fingerprint density at radius 3 is 2.35 bits per heavy atom. The maximum atomic E-state index is 11.8. The van der Waals surface area contributed by atoms with Crippen LogP contribution in [0.4, 0.5) is 0 Å². The molecule has 3 nitrogen and oxygen atoms in total. The van der Waals surface area contributed by atoms with E-state index in [1.807, 2.05) is 6.92 Å². The third-order valence-corrected chi connectivity index (χ3v) is 4.21. The second-order valence-electron chi connectivity index (χ2n) is 6.43. The summed E-state index contributed by atoms with van der Waals surface area (Å²) in [6.07, 6.45) is 2.75. The Morgan fingerprint density at radius 2 is 2.00 bits per heavy atom. The van der Waals surface area contributed by atoms with Crippen molar-refractivity contribution in [1.29, 1.82) is 0 Å². The van der Waals surface area contributed by atoms with Gasteiger partial charge in [0.2, 0.25) is 0 Å². The minimum absolute atomic E-state index is 0.0320. The number of hydrogen-bond donors (Lipinski definition) is 0. The summed E-state index contributed by atoms with van der Waals surface area (Å²) >= 11 is 0. The van der Waals surface area contributed by atoms with Gasteiger partial charge in [0.15, 0.2) is 0 Å². The zero-order valence-corrected chi connectivity index (χ0v) is 12.2. The molecule has 0 spiro atoms. The first-order valence-corrected chi connectivity index (χ1v) is 6.56. The number of nitrogens with zero attached hydrogens (tertiary/aromatic N) is 1. The minimum atomic E-state index is -0.0641. The van der Waals surface area contributed by atoms with Crippen LogP contribution in [0.25, 0.3) is 0 Å². The van der Waals surface area contributed by atoms with Crippen molar-refractivity contribution in [3.8, 4) is 0 Å². The standard InChI is InChI=1S/C14H27NO2/c1-7-17-12(16)9-14(15(5)6)10-13(3,4)8-11(14)2/h11H,7-10H2,1-6H3. The Labute approximate surface area is 106 Å². The highest BCUT2D eigenvalue weighted by Crippen LogP contribution is 2.51. The number of carbonyl (C=O) groups is 1. The number of ether oxygens (including phenoxy) is 1. The molecule has 0 bridgehead atoms. The van der Waals surface area contributed by atoms with Crippen LogP contribution in [0.2, 0.25) is 0 Å². The molecule has 0 aliphatic heterocycles. The van der Waals surface area contributed by atoms with Crippen molar-refractivity contribution in [3.05, 3.63) is 0 Å². The average molecular weight is 241 g/mol. The van der Waals surface area contributed by atoms with Crippen LogP contribution in [0, 0.1) is 11.3 Å². The molecule has 0 saturated heterocycles. The van der Waals surface area contributed by atoms with Gasteiger partial charge in [-0.25, -0.2) is 0 Å². The van der Waals surface area contributed by atoms with E-state index in [0.29, 0.717) is 24.4 Å². The molecule has 0 N–H and O–H groups in total. The molecule has 1 aliphatic carbocycles. The van der Waals surface area contributed by atoms with Gasteiger partial charge in [-0.1, -0.05) is 20.8 Å². The van der Waals surface area contributed by atoms with E-state index >= 15 is 0 Å². The Balaban J connectivity index is 2.88. The molecule has 0 amide bonds. The Bertz CT molecular complexity index is 286. The quantitative estimate of drug-likeness (QED) is 0.709. The molecule has 1 aliphatic rings. The van der Waals surface area contributed by atoms with Gasteiger partial charge < -0.3 is 9.64 Å². The fourth-order valence-electron chi connectivity index (χ4n) is 3.55. The van der Waals surface area contributed by atoms with E-state index < -0.39 is 0 Å². The predicted molar refractivity (Wildman–Crippen MR) is 69.8 cm³/mol. The molecule has 17 heavy (non-hydrogen) atoms. The maximum absolute atomic E-state index is 11.8. The third-order valence-electron chi connectivity index (χ3n) is 4.21. The molecule has 100 valence electrons. The van der Waals surface area contributed by atoms with E-state index in [0.717, 1.165) is 6.42 Å². The van der Waals surface area contributed by atoms with Crippen LogP contribution < -0.4 is 0 Å². The lowest BCUT2D eigenvalue weighted by atomic mass is 9.82. The highest BCUT2D eigenvalue weighted by atomic mass is 16.5. The lowest BCUT2D eigenvalue weighted by Gasteiger charge is -2.40. The van der Waals surface area contributed by atoms with Gasteiger partial charge in [-0.3, -0.25) is 4.79 Å². The molecule has 1 saturated carbocycles. The molecule has 3 heteroatoms. The smallest absolute Gasteiger partial charge is 0.307 e. The van der Waals surface area contributed by atoms with E-state index in [-0.39, 0.29) is 11.5 Å². The molecule has 2 unspecified atom stereocenters. The molecule has 1 fully saturated rings. The molecule has 2 atom stereocenters. The molecular weight excluding hydrogens is 214 g/mol. The molecule has 0 aromatic rings. The van der Waals surface area contributed by atoms with E-state index in [4.69, 9.17) is 4.74 Å². The van der Waals surface area contributed by atoms with Gasteiger partial charge in [-0.2, -0.15) is 0 Å². The highest BCUT2D eigenvalue weighted by Gasteiger charge is 2.51. The monoisotopic (exact) mass is 241 g/mol. The first-order chi connectivity index (χ1) is 7.73. The fourth-order valence-corrected chi connectivity index (χ4v) is 3.55. The molecule has 0 aromatic heterocycles. The predicted octanol–water partition coefficient (Wildman–Crippen LogP) is 2.70. The lowest BCUT2D eigenvalue weighted by molar-refractivity contribution is -0.147. The Morgan fingerprint density at radius 1 is 1.41 bits per heavy atom. The van der Waals surface area contributed by atoms with Crippen LogP contribution in [-0.4, -0.2) is 37.1 Å². The van der Waals surface area contributed by atoms with Gasteiger partial charge in [-0.15, -0.1) is 0 Å². The maximum Gasteiger partial charge on any atom is 0.307 e. The van der Waals surface area contributed by atoms with Crippen LogP contribution in [0.5, 0.6) is 0 Å². The lowest BCUT2D eigenvalue weighted by Crippen LogP contribution is -2.48. The summed E-state index contributed by atoms with van der Waals surface area (Å²) in [7, 11) is 4.16. The molecule has 0 radical (unpaired) electrons. The average Bonchev–Trinajstić information content (AvgIpc) is 2.37. The second kappa shape index (κ2) is 4.97. The number of hydrogen-bond acceptors (Lipinski definition) is 3. The van der Waals surface area contributed by atoms with E-state index in [1.54, 1.807) is 0 Å². The minimum Gasteiger partial charge on any atom is -0.466 e. The summed E-state index contributed by atoms with van der Waals surface area (Å²) in [5.41, 5.74) is 0.284. The van der Waals surface area contributed by atoms with Gasteiger partial charge >= 0.3 is 5.97 Å². The Kier molecular flexibility index (Phi) is 4.23. The third kappa shape index (κ3) is 3.01. The summed E-state index contributed by atoms with van der Waals surface area (Å²) in [5.74, 6) is 0.461. The largest absolute Gasteiger partial charge is 0.466 e. The van der Waals surface area contributed by atoms with E-state index in [1.165, 1.54) is 6.42 Å². The van der Waals surface area contributed by atoms with Gasteiger partial charge in [0.25, 0.3) is 0 Å². The highest BCUT2D eigenvalue weighted by molar-refractivity contribution is 5.71. The van der Waals surface area contributed by atoms with Gasteiger partial charge in [0.05, 0.1) is 13.0 Å².